The molecule has 138 valence electrons. The van der Waals surface area contributed by atoms with Crippen molar-refractivity contribution < 1.29 is 13.2 Å². The van der Waals surface area contributed by atoms with E-state index < -0.39 is 10.0 Å². The topological polar surface area (TPSA) is 66.5 Å². The third kappa shape index (κ3) is 3.86. The van der Waals surface area contributed by atoms with Crippen LogP contribution >= 0.6 is 11.6 Å². The molecule has 0 saturated carbocycles. The van der Waals surface area contributed by atoms with Gasteiger partial charge in [-0.25, -0.2) is 8.42 Å². The van der Waals surface area contributed by atoms with E-state index in [-0.39, 0.29) is 15.8 Å². The molecule has 3 rings (SSSR count). The van der Waals surface area contributed by atoms with Crippen molar-refractivity contribution in [1.29, 1.82) is 0 Å². The quantitative estimate of drug-likeness (QED) is 0.862. The van der Waals surface area contributed by atoms with Gasteiger partial charge >= 0.3 is 0 Å². The van der Waals surface area contributed by atoms with Gasteiger partial charge in [0.2, 0.25) is 0 Å². The molecule has 1 amide bonds. The van der Waals surface area contributed by atoms with Gasteiger partial charge in [-0.05, 0) is 67.1 Å². The fourth-order valence-electron chi connectivity index (χ4n) is 3.08. The lowest BCUT2D eigenvalue weighted by atomic mass is 9.92. The number of amides is 1. The lowest BCUT2D eigenvalue weighted by Crippen LogP contribution is -2.22. The second-order valence-corrected chi connectivity index (χ2v) is 8.73. The van der Waals surface area contributed by atoms with Crippen molar-refractivity contribution in [3.05, 3.63) is 58.1 Å². The molecule has 0 aliphatic heterocycles. The summed E-state index contributed by atoms with van der Waals surface area (Å²) in [5.41, 5.74) is 2.98. The minimum atomic E-state index is -3.72. The van der Waals surface area contributed by atoms with Crippen LogP contribution in [0.2, 0.25) is 5.02 Å². The molecule has 2 aromatic carbocycles. The Balaban J connectivity index is 1.86. The first-order valence-corrected chi connectivity index (χ1v) is 10.3. The fourth-order valence-corrected chi connectivity index (χ4v) is 4.45. The largest absolute Gasteiger partial charge is 0.345 e. The zero-order chi connectivity index (χ0) is 18.9. The molecular weight excluding hydrogens is 372 g/mol. The maximum Gasteiger partial charge on any atom is 0.261 e. The monoisotopic (exact) mass is 392 g/mol. The molecule has 0 aromatic heterocycles. The number of hydrogen-bond acceptors (Lipinski definition) is 3. The molecule has 0 fully saturated rings. The minimum absolute atomic E-state index is 0.203. The summed E-state index contributed by atoms with van der Waals surface area (Å²) in [7, 11) is -0.456. The first-order valence-electron chi connectivity index (χ1n) is 8.44. The van der Waals surface area contributed by atoms with E-state index in [2.05, 4.69) is 4.72 Å². The molecule has 2 aromatic rings. The third-order valence-corrected chi connectivity index (χ3v) is 6.18. The highest BCUT2D eigenvalue weighted by atomic mass is 35.5. The SMILES string of the molecule is CN(C)C(=O)c1ccc(NS(=O)(=O)c2ccc3c(c2)CCCC3)cc1Cl. The Hall–Kier alpha value is -2.05. The van der Waals surface area contributed by atoms with Gasteiger partial charge in [-0.1, -0.05) is 17.7 Å². The Kier molecular flexibility index (Phi) is 5.25. The van der Waals surface area contributed by atoms with Crippen molar-refractivity contribution in [3.63, 3.8) is 0 Å². The van der Waals surface area contributed by atoms with Crippen LogP contribution in [0.1, 0.15) is 34.3 Å². The number of fused-ring (bicyclic) bond motifs is 1. The summed E-state index contributed by atoms with van der Waals surface area (Å²) >= 11 is 6.16. The number of nitrogens with one attached hydrogen (secondary N) is 1. The van der Waals surface area contributed by atoms with Crippen LogP contribution in [-0.2, 0) is 22.9 Å². The zero-order valence-electron chi connectivity index (χ0n) is 14.8. The van der Waals surface area contributed by atoms with Crippen molar-refractivity contribution >= 4 is 33.2 Å². The molecule has 1 N–H and O–H groups in total. The fraction of sp³-hybridized carbons (Fsp3) is 0.316. The Morgan fingerprint density at radius 3 is 2.38 bits per heavy atom. The van der Waals surface area contributed by atoms with E-state index in [0.29, 0.717) is 11.3 Å². The number of anilines is 1. The van der Waals surface area contributed by atoms with Crippen LogP contribution in [0.5, 0.6) is 0 Å². The van der Waals surface area contributed by atoms with Crippen molar-refractivity contribution in [3.8, 4) is 0 Å². The Morgan fingerprint density at radius 1 is 1.04 bits per heavy atom. The smallest absolute Gasteiger partial charge is 0.261 e. The summed E-state index contributed by atoms with van der Waals surface area (Å²) in [5.74, 6) is -0.237. The van der Waals surface area contributed by atoms with Gasteiger partial charge in [0.25, 0.3) is 15.9 Å². The Bertz CT molecular complexity index is 955. The summed E-state index contributed by atoms with van der Waals surface area (Å²) in [5, 5.41) is 0.203. The molecular formula is C19H21ClN2O3S. The van der Waals surface area contributed by atoms with Crippen molar-refractivity contribution in [2.45, 2.75) is 30.6 Å². The van der Waals surface area contributed by atoms with Gasteiger partial charge in [0.15, 0.2) is 0 Å². The average Bonchev–Trinajstić information content (AvgIpc) is 2.60. The standard InChI is InChI=1S/C19H21ClN2O3S/c1-22(2)19(23)17-10-8-15(12-18(17)20)21-26(24,25)16-9-7-13-5-3-4-6-14(13)11-16/h7-12,21H,3-6H2,1-2H3. The summed E-state index contributed by atoms with van der Waals surface area (Å²) < 4.78 is 27.9. The van der Waals surface area contributed by atoms with Crippen molar-refractivity contribution in [2.24, 2.45) is 0 Å². The number of hydrogen-bond donors (Lipinski definition) is 1. The zero-order valence-corrected chi connectivity index (χ0v) is 16.3. The molecule has 0 bridgehead atoms. The van der Waals surface area contributed by atoms with Gasteiger partial charge in [0, 0.05) is 14.1 Å². The number of carbonyl (C=O) groups is 1. The van der Waals surface area contributed by atoms with Crippen LogP contribution in [0.15, 0.2) is 41.3 Å². The van der Waals surface area contributed by atoms with Crippen LogP contribution in [0.3, 0.4) is 0 Å². The lowest BCUT2D eigenvalue weighted by molar-refractivity contribution is 0.0828. The molecule has 0 atom stereocenters. The summed E-state index contributed by atoms with van der Waals surface area (Å²) in [6, 6.07) is 9.80. The summed E-state index contributed by atoms with van der Waals surface area (Å²) in [6.45, 7) is 0. The predicted molar refractivity (Wildman–Crippen MR) is 103 cm³/mol. The minimum Gasteiger partial charge on any atom is -0.345 e. The number of sulfonamides is 1. The molecule has 7 heteroatoms. The maximum absolute atomic E-state index is 12.7. The molecule has 1 aliphatic carbocycles. The highest BCUT2D eigenvalue weighted by molar-refractivity contribution is 7.92. The first kappa shape index (κ1) is 18.7. The average molecular weight is 393 g/mol. The van der Waals surface area contributed by atoms with Crippen LogP contribution in [0, 0.1) is 0 Å². The summed E-state index contributed by atoms with van der Waals surface area (Å²) in [4.78, 5) is 13.7. The van der Waals surface area contributed by atoms with Crippen molar-refractivity contribution in [1.82, 2.24) is 4.90 Å². The third-order valence-electron chi connectivity index (χ3n) is 4.49. The van der Waals surface area contributed by atoms with E-state index >= 15 is 0 Å². The second kappa shape index (κ2) is 7.29. The van der Waals surface area contributed by atoms with E-state index in [1.165, 1.54) is 22.6 Å². The van der Waals surface area contributed by atoms with E-state index in [1.54, 1.807) is 32.3 Å². The molecule has 0 spiro atoms. The lowest BCUT2D eigenvalue weighted by Gasteiger charge is -2.17. The molecule has 0 saturated heterocycles. The second-order valence-electron chi connectivity index (χ2n) is 6.64. The number of benzene rings is 2. The molecule has 5 nitrogen and oxygen atoms in total. The van der Waals surface area contributed by atoms with E-state index in [0.717, 1.165) is 31.2 Å². The van der Waals surface area contributed by atoms with E-state index in [1.807, 2.05) is 6.07 Å². The highest BCUT2D eigenvalue weighted by Gasteiger charge is 2.19. The Labute approximate surface area is 159 Å². The maximum atomic E-state index is 12.7. The van der Waals surface area contributed by atoms with Crippen LogP contribution < -0.4 is 4.72 Å². The van der Waals surface area contributed by atoms with Crippen LogP contribution in [0.25, 0.3) is 0 Å². The number of nitrogens with zero attached hydrogens (tertiary/aromatic N) is 1. The first-order chi connectivity index (χ1) is 12.3. The van der Waals surface area contributed by atoms with E-state index in [4.69, 9.17) is 11.6 Å². The number of rotatable bonds is 4. The normalized spacial score (nSPS) is 13.8. The van der Waals surface area contributed by atoms with E-state index in [9.17, 15) is 13.2 Å². The number of carbonyl (C=O) groups excluding carboxylic acids is 1. The van der Waals surface area contributed by atoms with Gasteiger partial charge in [-0.3, -0.25) is 9.52 Å². The molecule has 0 heterocycles. The van der Waals surface area contributed by atoms with Crippen LogP contribution in [-0.4, -0.2) is 33.3 Å². The molecule has 1 aliphatic rings. The van der Waals surface area contributed by atoms with Gasteiger partial charge in [0.1, 0.15) is 0 Å². The molecule has 0 unspecified atom stereocenters. The van der Waals surface area contributed by atoms with Gasteiger partial charge in [-0.15, -0.1) is 0 Å². The van der Waals surface area contributed by atoms with Gasteiger partial charge in [-0.2, -0.15) is 0 Å². The number of halogens is 1. The number of aryl methyl sites for hydroxylation is 2. The highest BCUT2D eigenvalue weighted by Crippen LogP contribution is 2.27. The van der Waals surface area contributed by atoms with Gasteiger partial charge < -0.3 is 4.90 Å². The van der Waals surface area contributed by atoms with Crippen molar-refractivity contribution in [2.75, 3.05) is 18.8 Å². The molecule has 26 heavy (non-hydrogen) atoms. The Morgan fingerprint density at radius 2 is 1.73 bits per heavy atom. The van der Waals surface area contributed by atoms with Crippen LogP contribution in [0.4, 0.5) is 5.69 Å². The summed E-state index contributed by atoms with van der Waals surface area (Å²) in [6.07, 6.45) is 4.14. The molecule has 0 radical (unpaired) electrons. The van der Waals surface area contributed by atoms with Gasteiger partial charge in [0.05, 0.1) is 21.2 Å². The predicted octanol–water partition coefficient (Wildman–Crippen LogP) is 3.72.